The molecule has 0 saturated carbocycles. The molecule has 0 spiro atoms. The summed E-state index contributed by atoms with van der Waals surface area (Å²) in [6.45, 7) is 12.2. The average molecular weight is 444 g/mol. The highest BCUT2D eigenvalue weighted by Crippen LogP contribution is 2.32. The fourth-order valence-corrected chi connectivity index (χ4v) is 4.51. The predicted molar refractivity (Wildman–Crippen MR) is 128 cm³/mol. The molecule has 3 aromatic rings. The van der Waals surface area contributed by atoms with E-state index in [1.165, 1.54) is 11.3 Å². The number of aliphatic hydroxyl groups excluding tert-OH is 1. The van der Waals surface area contributed by atoms with Crippen LogP contribution in [-0.4, -0.2) is 51.9 Å². The van der Waals surface area contributed by atoms with Gasteiger partial charge in [0.1, 0.15) is 10.7 Å². The topological polar surface area (TPSA) is 78.5 Å². The molecule has 0 aliphatic carbocycles. The van der Waals surface area contributed by atoms with Crippen molar-refractivity contribution in [3.8, 4) is 11.1 Å². The Balaban J connectivity index is 1.79. The minimum absolute atomic E-state index is 0.121. The van der Waals surface area contributed by atoms with Gasteiger partial charge in [-0.2, -0.15) is 0 Å². The first-order valence-electron chi connectivity index (χ1n) is 10.8. The Morgan fingerprint density at radius 1 is 1.16 bits per heavy atom. The van der Waals surface area contributed by atoms with E-state index in [4.69, 9.17) is 9.72 Å². The monoisotopic (exact) mass is 443 g/mol. The van der Waals surface area contributed by atoms with Crippen molar-refractivity contribution in [2.24, 2.45) is 5.92 Å². The van der Waals surface area contributed by atoms with Crippen molar-refractivity contribution in [1.29, 1.82) is 0 Å². The molecule has 7 heteroatoms. The Kier molecular flexibility index (Phi) is 8.00. The van der Waals surface area contributed by atoms with Crippen molar-refractivity contribution < 1.29 is 9.84 Å². The van der Waals surface area contributed by atoms with Crippen molar-refractivity contribution in [1.82, 2.24) is 14.9 Å². The maximum atomic E-state index is 13.0. The molecule has 31 heavy (non-hydrogen) atoms. The molecular weight excluding hydrogens is 410 g/mol. The number of rotatable bonds is 10. The molecule has 0 radical (unpaired) electrons. The van der Waals surface area contributed by atoms with Crippen LogP contribution in [0, 0.1) is 12.8 Å². The van der Waals surface area contributed by atoms with Crippen LogP contribution in [0.4, 0.5) is 0 Å². The van der Waals surface area contributed by atoms with Gasteiger partial charge in [0.25, 0.3) is 5.56 Å². The zero-order valence-electron chi connectivity index (χ0n) is 19.0. The molecule has 2 heterocycles. The quantitative estimate of drug-likeness (QED) is 0.491. The van der Waals surface area contributed by atoms with Gasteiger partial charge in [0, 0.05) is 30.1 Å². The maximum Gasteiger partial charge on any atom is 0.260 e. The highest BCUT2D eigenvalue weighted by Gasteiger charge is 2.19. The molecule has 3 rings (SSSR count). The number of benzene rings is 1. The van der Waals surface area contributed by atoms with E-state index in [0.717, 1.165) is 21.5 Å². The van der Waals surface area contributed by atoms with Crippen LogP contribution < -0.4 is 5.56 Å². The van der Waals surface area contributed by atoms with E-state index in [1.807, 2.05) is 36.6 Å². The molecule has 0 aliphatic heterocycles. The predicted octanol–water partition coefficient (Wildman–Crippen LogP) is 4.20. The summed E-state index contributed by atoms with van der Waals surface area (Å²) < 4.78 is 5.57. The molecule has 0 fully saturated rings. The zero-order chi connectivity index (χ0) is 22.5. The van der Waals surface area contributed by atoms with E-state index in [1.54, 1.807) is 0 Å². The summed E-state index contributed by atoms with van der Waals surface area (Å²) in [6.07, 6.45) is -0.592. The fraction of sp³-hybridized carbons (Fsp3) is 0.500. The van der Waals surface area contributed by atoms with E-state index in [0.29, 0.717) is 43.4 Å². The number of fused-ring (bicyclic) bond motifs is 1. The summed E-state index contributed by atoms with van der Waals surface area (Å²) in [7, 11) is 0. The largest absolute Gasteiger partial charge is 0.389 e. The molecule has 2 aromatic heterocycles. The van der Waals surface area contributed by atoms with Crippen LogP contribution in [0.15, 0.2) is 34.4 Å². The van der Waals surface area contributed by atoms with Gasteiger partial charge in [-0.05, 0) is 37.8 Å². The van der Waals surface area contributed by atoms with Crippen LogP contribution in [-0.2, 0) is 11.3 Å². The van der Waals surface area contributed by atoms with E-state index >= 15 is 0 Å². The zero-order valence-corrected chi connectivity index (χ0v) is 19.8. The Labute approximate surface area is 187 Å². The molecule has 0 saturated heterocycles. The first kappa shape index (κ1) is 23.6. The van der Waals surface area contributed by atoms with Crippen molar-refractivity contribution in [3.05, 3.63) is 51.4 Å². The molecule has 0 unspecified atom stereocenters. The second kappa shape index (κ2) is 10.5. The maximum absolute atomic E-state index is 13.0. The summed E-state index contributed by atoms with van der Waals surface area (Å²) >= 11 is 1.49. The number of aryl methyl sites for hydroxylation is 1. The minimum atomic E-state index is -0.592. The SMILES string of the molecule is Cc1ccccc1-c1csc2nc(CN(C[C@H](O)COCC(C)C)C(C)C)[nH]c(=O)c12. The molecule has 6 nitrogen and oxygen atoms in total. The third-order valence-electron chi connectivity index (χ3n) is 5.22. The summed E-state index contributed by atoms with van der Waals surface area (Å²) in [6, 6.07) is 8.25. The number of hydrogen-bond donors (Lipinski definition) is 2. The summed E-state index contributed by atoms with van der Waals surface area (Å²) in [4.78, 5) is 23.5. The van der Waals surface area contributed by atoms with Gasteiger partial charge in [-0.1, -0.05) is 38.1 Å². The summed E-state index contributed by atoms with van der Waals surface area (Å²) in [5, 5.41) is 13.0. The van der Waals surface area contributed by atoms with E-state index in [2.05, 4.69) is 37.6 Å². The number of hydrogen-bond acceptors (Lipinski definition) is 6. The molecule has 1 aromatic carbocycles. The van der Waals surface area contributed by atoms with E-state index in [9.17, 15) is 9.90 Å². The van der Waals surface area contributed by atoms with Gasteiger partial charge >= 0.3 is 0 Å². The van der Waals surface area contributed by atoms with Crippen LogP contribution in [0.1, 0.15) is 39.1 Å². The number of nitrogens with zero attached hydrogens (tertiary/aromatic N) is 2. The fourth-order valence-electron chi connectivity index (χ4n) is 3.56. The van der Waals surface area contributed by atoms with E-state index < -0.39 is 6.10 Å². The number of aromatic nitrogens is 2. The van der Waals surface area contributed by atoms with Gasteiger partial charge in [0.05, 0.1) is 24.6 Å². The standard InChI is InChI=1S/C24H33N3O3S/c1-15(2)12-30-13-18(28)10-27(16(3)4)11-21-25-23(29)22-20(14-31-24(22)26-21)19-9-7-6-8-17(19)5/h6-9,14-16,18,28H,10-13H2,1-5H3,(H,25,26,29)/t18-/m0/s1. The van der Waals surface area contributed by atoms with Crippen molar-refractivity contribution >= 4 is 21.6 Å². The first-order valence-corrected chi connectivity index (χ1v) is 11.7. The van der Waals surface area contributed by atoms with Crippen molar-refractivity contribution in [2.45, 2.75) is 53.3 Å². The van der Waals surface area contributed by atoms with Gasteiger partial charge in [0.15, 0.2) is 0 Å². The van der Waals surface area contributed by atoms with Crippen molar-refractivity contribution in [3.63, 3.8) is 0 Å². The molecule has 0 bridgehead atoms. The second-order valence-electron chi connectivity index (χ2n) is 8.77. The summed E-state index contributed by atoms with van der Waals surface area (Å²) in [5.74, 6) is 1.05. The highest BCUT2D eigenvalue weighted by molar-refractivity contribution is 7.17. The molecule has 0 amide bonds. The van der Waals surface area contributed by atoms with Crippen LogP contribution in [0.2, 0.25) is 0 Å². The first-order chi connectivity index (χ1) is 14.8. The van der Waals surface area contributed by atoms with Crippen LogP contribution in [0.25, 0.3) is 21.3 Å². The third-order valence-corrected chi connectivity index (χ3v) is 6.09. The minimum Gasteiger partial charge on any atom is -0.389 e. The molecule has 1 atom stereocenters. The number of ether oxygens (including phenoxy) is 1. The normalized spacial score (nSPS) is 13.1. The lowest BCUT2D eigenvalue weighted by molar-refractivity contribution is 0.00129. The van der Waals surface area contributed by atoms with Gasteiger partial charge in [-0.3, -0.25) is 9.69 Å². The smallest absolute Gasteiger partial charge is 0.260 e. The lowest BCUT2D eigenvalue weighted by atomic mass is 10.0. The van der Waals surface area contributed by atoms with Crippen molar-refractivity contribution in [2.75, 3.05) is 19.8 Å². The van der Waals surface area contributed by atoms with Crippen LogP contribution in [0.3, 0.4) is 0 Å². The number of aliphatic hydroxyl groups is 1. The third kappa shape index (κ3) is 6.01. The Morgan fingerprint density at radius 3 is 2.58 bits per heavy atom. The molecule has 0 aliphatic rings. The Morgan fingerprint density at radius 2 is 1.90 bits per heavy atom. The number of nitrogens with one attached hydrogen (secondary N) is 1. The molecule has 2 N–H and O–H groups in total. The Hall–Kier alpha value is -2.06. The number of H-pyrrole nitrogens is 1. The average Bonchev–Trinajstić information content (AvgIpc) is 3.11. The Bertz CT molecular complexity index is 1060. The molecule has 168 valence electrons. The lowest BCUT2D eigenvalue weighted by Crippen LogP contribution is -2.39. The number of aromatic amines is 1. The van der Waals surface area contributed by atoms with Gasteiger partial charge in [0.2, 0.25) is 0 Å². The lowest BCUT2D eigenvalue weighted by Gasteiger charge is -2.28. The second-order valence-corrected chi connectivity index (χ2v) is 9.62. The summed E-state index contributed by atoms with van der Waals surface area (Å²) in [5.41, 5.74) is 2.99. The number of thiophene rings is 1. The highest BCUT2D eigenvalue weighted by atomic mass is 32.1. The van der Waals surface area contributed by atoms with E-state index in [-0.39, 0.29) is 11.6 Å². The van der Waals surface area contributed by atoms with Gasteiger partial charge < -0.3 is 14.8 Å². The van der Waals surface area contributed by atoms with Gasteiger partial charge in [-0.25, -0.2) is 4.98 Å². The van der Waals surface area contributed by atoms with Gasteiger partial charge in [-0.15, -0.1) is 11.3 Å². The van der Waals surface area contributed by atoms with Crippen LogP contribution in [0.5, 0.6) is 0 Å². The van der Waals surface area contributed by atoms with Crippen LogP contribution >= 0.6 is 11.3 Å². The molecular formula is C24H33N3O3S.